The molecule has 74 valence electrons. The fraction of sp³-hybridized carbons (Fsp3) is 0.364. The molecule has 1 aliphatic rings. The van der Waals surface area contributed by atoms with Crippen molar-refractivity contribution in [3.05, 3.63) is 35.9 Å². The molecule has 3 heteroatoms. The molecule has 1 aromatic rings. The van der Waals surface area contributed by atoms with Crippen LogP contribution in [-0.4, -0.2) is 30.2 Å². The van der Waals surface area contributed by atoms with Crippen molar-refractivity contribution in [2.45, 2.75) is 5.75 Å². The van der Waals surface area contributed by atoms with E-state index in [1.165, 1.54) is 5.56 Å². The molecule has 0 saturated heterocycles. The van der Waals surface area contributed by atoms with E-state index in [0.29, 0.717) is 0 Å². The van der Waals surface area contributed by atoms with Gasteiger partial charge in [-0.05, 0) is 5.56 Å². The Bertz CT molecular complexity index is 297. The number of rotatable bonds is 4. The Kier molecular flexibility index (Phi) is 3.46. The molecule has 0 radical (unpaired) electrons. The molecular weight excluding hydrogens is 192 g/mol. The summed E-state index contributed by atoms with van der Waals surface area (Å²) in [5.41, 5.74) is 1.40. The Balaban J connectivity index is 1.70. The smallest absolute Gasteiger partial charge is 0.0858 e. The van der Waals surface area contributed by atoms with Crippen molar-refractivity contribution >= 4 is 18.1 Å². The van der Waals surface area contributed by atoms with Crippen LogP contribution in [0.25, 0.3) is 0 Å². The Labute approximate surface area is 89.0 Å². The van der Waals surface area contributed by atoms with Gasteiger partial charge < -0.3 is 4.90 Å². The van der Waals surface area contributed by atoms with Gasteiger partial charge in [0.25, 0.3) is 0 Å². The van der Waals surface area contributed by atoms with Gasteiger partial charge in [-0.25, -0.2) is 0 Å². The van der Waals surface area contributed by atoms with Crippen LogP contribution in [0.5, 0.6) is 0 Å². The summed E-state index contributed by atoms with van der Waals surface area (Å²) in [4.78, 5) is 6.44. The van der Waals surface area contributed by atoms with Crippen molar-refractivity contribution in [2.24, 2.45) is 4.99 Å². The summed E-state index contributed by atoms with van der Waals surface area (Å²) in [6.45, 7) is 2.05. The third-order valence-corrected chi connectivity index (χ3v) is 3.18. The molecule has 0 N–H and O–H groups in total. The van der Waals surface area contributed by atoms with Crippen molar-refractivity contribution in [3.63, 3.8) is 0 Å². The first-order valence-electron chi connectivity index (χ1n) is 4.81. The second-order valence-electron chi connectivity index (χ2n) is 3.30. The van der Waals surface area contributed by atoms with Crippen LogP contribution in [0.3, 0.4) is 0 Å². The minimum Gasteiger partial charge on any atom is -0.352 e. The van der Waals surface area contributed by atoms with Crippen LogP contribution in [0.4, 0.5) is 0 Å². The van der Waals surface area contributed by atoms with Gasteiger partial charge in [0.05, 0.1) is 18.8 Å². The molecule has 0 unspecified atom stereocenters. The van der Waals surface area contributed by atoms with Crippen LogP contribution in [-0.2, 0) is 5.75 Å². The van der Waals surface area contributed by atoms with Gasteiger partial charge in [-0.2, -0.15) is 0 Å². The largest absolute Gasteiger partial charge is 0.352 e. The zero-order valence-corrected chi connectivity index (χ0v) is 8.91. The van der Waals surface area contributed by atoms with E-state index in [4.69, 9.17) is 0 Å². The average Bonchev–Trinajstić information content (AvgIpc) is 2.72. The maximum atomic E-state index is 4.18. The SMILES string of the molecule is C1=NCCN1CSCc1ccccc1. The number of benzene rings is 1. The maximum Gasteiger partial charge on any atom is 0.0858 e. The molecule has 2 nitrogen and oxygen atoms in total. The molecule has 0 aromatic heterocycles. The summed E-state index contributed by atoms with van der Waals surface area (Å²) < 4.78 is 0. The Morgan fingerprint density at radius 1 is 1.29 bits per heavy atom. The summed E-state index contributed by atoms with van der Waals surface area (Å²) in [5, 5.41) is 0. The Morgan fingerprint density at radius 3 is 2.86 bits per heavy atom. The van der Waals surface area contributed by atoms with E-state index in [1.54, 1.807) is 0 Å². The first kappa shape index (κ1) is 9.59. The van der Waals surface area contributed by atoms with E-state index in [9.17, 15) is 0 Å². The molecule has 0 amide bonds. The predicted molar refractivity (Wildman–Crippen MR) is 62.7 cm³/mol. The number of aliphatic imine (C=N–C) groups is 1. The van der Waals surface area contributed by atoms with Crippen LogP contribution in [0, 0.1) is 0 Å². The number of hydrogen-bond donors (Lipinski definition) is 0. The zero-order chi connectivity index (χ0) is 9.64. The lowest BCUT2D eigenvalue weighted by Crippen LogP contribution is -2.18. The van der Waals surface area contributed by atoms with E-state index in [1.807, 2.05) is 18.1 Å². The molecule has 2 rings (SSSR count). The lowest BCUT2D eigenvalue weighted by molar-refractivity contribution is 0.548. The minimum absolute atomic E-state index is 0.964. The number of hydrogen-bond acceptors (Lipinski definition) is 3. The first-order chi connectivity index (χ1) is 6.95. The standard InChI is InChI=1S/C11H14N2S/c1-2-4-11(5-3-1)8-14-10-13-7-6-12-9-13/h1-5,9H,6-8,10H2. The van der Waals surface area contributed by atoms with Crippen LogP contribution < -0.4 is 0 Å². The van der Waals surface area contributed by atoms with Crippen LogP contribution in [0.2, 0.25) is 0 Å². The van der Waals surface area contributed by atoms with Crippen LogP contribution >= 0.6 is 11.8 Å². The quantitative estimate of drug-likeness (QED) is 0.750. The predicted octanol–water partition coefficient (Wildman–Crippen LogP) is 2.22. The second kappa shape index (κ2) is 5.05. The third-order valence-electron chi connectivity index (χ3n) is 2.13. The minimum atomic E-state index is 0.964. The highest BCUT2D eigenvalue weighted by Crippen LogP contribution is 2.13. The molecule has 0 aliphatic carbocycles. The summed E-state index contributed by atoms with van der Waals surface area (Å²) in [7, 11) is 0. The Hall–Kier alpha value is -0.960. The molecule has 0 fully saturated rings. The highest BCUT2D eigenvalue weighted by molar-refractivity contribution is 7.98. The topological polar surface area (TPSA) is 15.6 Å². The van der Waals surface area contributed by atoms with Gasteiger partial charge in [0.15, 0.2) is 0 Å². The van der Waals surface area contributed by atoms with Crippen LogP contribution in [0.15, 0.2) is 35.3 Å². The molecule has 1 heterocycles. The molecule has 0 spiro atoms. The molecular formula is C11H14N2S. The number of nitrogens with zero attached hydrogens (tertiary/aromatic N) is 2. The van der Waals surface area contributed by atoms with Gasteiger partial charge >= 0.3 is 0 Å². The summed E-state index contributed by atoms with van der Waals surface area (Å²) in [5.74, 6) is 2.14. The van der Waals surface area contributed by atoms with Crippen molar-refractivity contribution in [2.75, 3.05) is 19.0 Å². The lowest BCUT2D eigenvalue weighted by atomic mass is 10.2. The van der Waals surface area contributed by atoms with Gasteiger partial charge in [-0.3, -0.25) is 4.99 Å². The van der Waals surface area contributed by atoms with Crippen LogP contribution in [0.1, 0.15) is 5.56 Å². The normalized spacial score (nSPS) is 15.0. The van der Waals surface area contributed by atoms with Crippen molar-refractivity contribution < 1.29 is 0 Å². The fourth-order valence-electron chi connectivity index (χ4n) is 1.37. The first-order valence-corrected chi connectivity index (χ1v) is 5.96. The van der Waals surface area contributed by atoms with Gasteiger partial charge in [0.1, 0.15) is 0 Å². The molecule has 1 aromatic carbocycles. The molecule has 0 saturated carbocycles. The lowest BCUT2D eigenvalue weighted by Gasteiger charge is -2.12. The molecule has 0 bridgehead atoms. The number of thioether (sulfide) groups is 1. The van der Waals surface area contributed by atoms with Crippen molar-refractivity contribution in [1.82, 2.24) is 4.90 Å². The monoisotopic (exact) mass is 206 g/mol. The zero-order valence-electron chi connectivity index (χ0n) is 8.10. The maximum absolute atomic E-state index is 4.18. The van der Waals surface area contributed by atoms with Gasteiger partial charge in [-0.1, -0.05) is 30.3 Å². The second-order valence-corrected chi connectivity index (χ2v) is 4.25. The third kappa shape index (κ3) is 2.77. The van der Waals surface area contributed by atoms with Gasteiger partial charge in [0, 0.05) is 12.3 Å². The summed E-state index contributed by atoms with van der Waals surface area (Å²) >= 11 is 1.94. The van der Waals surface area contributed by atoms with Gasteiger partial charge in [-0.15, -0.1) is 11.8 Å². The molecule has 14 heavy (non-hydrogen) atoms. The van der Waals surface area contributed by atoms with Crippen molar-refractivity contribution in [1.29, 1.82) is 0 Å². The average molecular weight is 206 g/mol. The molecule has 0 atom stereocenters. The highest BCUT2D eigenvalue weighted by atomic mass is 32.2. The van der Waals surface area contributed by atoms with E-state index in [-0.39, 0.29) is 0 Å². The van der Waals surface area contributed by atoms with E-state index in [2.05, 4.69) is 40.2 Å². The van der Waals surface area contributed by atoms with Crippen molar-refractivity contribution in [3.8, 4) is 0 Å². The van der Waals surface area contributed by atoms with Gasteiger partial charge in [0.2, 0.25) is 0 Å². The van der Waals surface area contributed by atoms with E-state index >= 15 is 0 Å². The summed E-state index contributed by atoms with van der Waals surface area (Å²) in [6.07, 6.45) is 1.96. The fourth-order valence-corrected chi connectivity index (χ4v) is 2.32. The Morgan fingerprint density at radius 2 is 2.14 bits per heavy atom. The van der Waals surface area contributed by atoms with E-state index in [0.717, 1.165) is 24.7 Å². The highest BCUT2D eigenvalue weighted by Gasteiger charge is 2.04. The molecule has 1 aliphatic heterocycles. The van der Waals surface area contributed by atoms with E-state index < -0.39 is 0 Å². The summed E-state index contributed by atoms with van der Waals surface area (Å²) in [6, 6.07) is 10.6.